The Bertz CT molecular complexity index is 610. The Morgan fingerprint density at radius 1 is 0.963 bits per heavy atom. The van der Waals surface area contributed by atoms with E-state index in [0.29, 0.717) is 12.2 Å². The first-order chi connectivity index (χ1) is 12.7. The number of anilines is 1. The summed E-state index contributed by atoms with van der Waals surface area (Å²) in [6.07, 6.45) is 12.1. The van der Waals surface area contributed by atoms with Gasteiger partial charge in [-0.15, -0.1) is 12.4 Å². The largest absolute Gasteiger partial charge is 0.476 e. The number of hydrogen-bond acceptors (Lipinski definition) is 6. The van der Waals surface area contributed by atoms with Crippen LogP contribution in [-0.4, -0.2) is 70.4 Å². The van der Waals surface area contributed by atoms with Crippen LogP contribution < -0.4 is 4.90 Å². The van der Waals surface area contributed by atoms with Gasteiger partial charge in [-0.2, -0.15) is 0 Å². The molecule has 2 saturated heterocycles. The second kappa shape index (κ2) is 9.17. The van der Waals surface area contributed by atoms with Gasteiger partial charge >= 0.3 is 5.97 Å². The molecule has 27 heavy (non-hydrogen) atoms. The third kappa shape index (κ3) is 4.89. The lowest BCUT2D eigenvalue weighted by atomic mass is 9.89. The fourth-order valence-corrected chi connectivity index (χ4v) is 4.22. The van der Waals surface area contributed by atoms with E-state index >= 15 is 0 Å². The van der Waals surface area contributed by atoms with Crippen molar-refractivity contribution in [2.24, 2.45) is 0 Å². The predicted octanol–water partition coefficient (Wildman–Crippen LogP) is 2.60. The highest BCUT2D eigenvalue weighted by molar-refractivity contribution is 5.85. The van der Waals surface area contributed by atoms with Gasteiger partial charge < -0.3 is 19.6 Å². The van der Waals surface area contributed by atoms with Gasteiger partial charge in [-0.05, 0) is 38.5 Å². The Kier molecular flexibility index (Phi) is 6.89. The maximum Gasteiger partial charge on any atom is 0.356 e. The highest BCUT2D eigenvalue weighted by Crippen LogP contribution is 2.29. The van der Waals surface area contributed by atoms with Gasteiger partial charge in [0, 0.05) is 32.2 Å². The van der Waals surface area contributed by atoms with Crippen molar-refractivity contribution in [3.63, 3.8) is 0 Å². The first kappa shape index (κ1) is 20.3. The number of rotatable bonds is 5. The number of hydrogen-bond donors (Lipinski definition) is 1. The van der Waals surface area contributed by atoms with Crippen LogP contribution in [0, 0.1) is 0 Å². The second-order valence-corrected chi connectivity index (χ2v) is 7.71. The summed E-state index contributed by atoms with van der Waals surface area (Å²) in [6, 6.07) is 0.854. The van der Waals surface area contributed by atoms with Crippen LogP contribution in [0.25, 0.3) is 0 Å². The number of piperidine rings is 2. The first-order valence-electron chi connectivity index (χ1n) is 9.89. The molecule has 0 spiro atoms. The number of halogens is 1. The highest BCUT2D eigenvalue weighted by Gasteiger charge is 2.30. The summed E-state index contributed by atoms with van der Waals surface area (Å²) in [4.78, 5) is 23.9. The third-order valence-corrected chi connectivity index (χ3v) is 6.08. The van der Waals surface area contributed by atoms with Crippen LogP contribution in [-0.2, 0) is 4.74 Å². The van der Waals surface area contributed by atoms with Gasteiger partial charge in [-0.1, -0.05) is 6.42 Å². The lowest BCUT2D eigenvalue weighted by Gasteiger charge is -2.42. The first-order valence-corrected chi connectivity index (χ1v) is 9.89. The van der Waals surface area contributed by atoms with Gasteiger partial charge in [0.2, 0.25) is 0 Å². The van der Waals surface area contributed by atoms with Crippen LogP contribution in [0.5, 0.6) is 0 Å². The Morgan fingerprint density at radius 3 is 2.07 bits per heavy atom. The molecule has 0 atom stereocenters. The summed E-state index contributed by atoms with van der Waals surface area (Å²) < 4.78 is 6.38. The van der Waals surface area contributed by atoms with E-state index in [2.05, 4.69) is 19.8 Å². The molecular formula is C19H29ClN4O3. The Morgan fingerprint density at radius 2 is 1.59 bits per heavy atom. The van der Waals surface area contributed by atoms with Crippen LogP contribution in [0.2, 0.25) is 0 Å². The molecule has 0 unspecified atom stereocenters. The van der Waals surface area contributed by atoms with Crippen molar-refractivity contribution in [2.75, 3.05) is 31.1 Å². The standard InChI is InChI=1S/C19H28N4O3.ClH/c24-19(25)17-12-21-18(13-20-17)23-10-6-16(7-11-23)26-15-4-8-22(9-5-15)14-2-1-3-14;/h12-16H,1-11H2,(H,24,25);1H. The lowest BCUT2D eigenvalue weighted by Crippen LogP contribution is -2.47. The van der Waals surface area contributed by atoms with Gasteiger partial charge in [0.05, 0.1) is 24.6 Å². The molecule has 0 radical (unpaired) electrons. The van der Waals surface area contributed by atoms with Crippen LogP contribution in [0.3, 0.4) is 0 Å². The molecule has 1 aromatic rings. The maximum atomic E-state index is 10.9. The van der Waals surface area contributed by atoms with E-state index < -0.39 is 5.97 Å². The molecule has 3 fully saturated rings. The fraction of sp³-hybridized carbons (Fsp3) is 0.737. The van der Waals surface area contributed by atoms with Crippen molar-refractivity contribution in [2.45, 2.75) is 63.2 Å². The number of aromatic nitrogens is 2. The summed E-state index contributed by atoms with van der Waals surface area (Å²) in [6.45, 7) is 4.15. The highest BCUT2D eigenvalue weighted by atomic mass is 35.5. The van der Waals surface area contributed by atoms with Gasteiger partial charge in [-0.25, -0.2) is 14.8 Å². The molecule has 0 aromatic carbocycles. The number of likely N-dealkylation sites (tertiary alicyclic amines) is 1. The Balaban J connectivity index is 0.00000210. The third-order valence-electron chi connectivity index (χ3n) is 6.08. The molecule has 3 aliphatic rings. The van der Waals surface area contributed by atoms with Crippen LogP contribution in [0.4, 0.5) is 5.82 Å². The zero-order valence-electron chi connectivity index (χ0n) is 15.6. The van der Waals surface area contributed by atoms with Crippen LogP contribution >= 0.6 is 12.4 Å². The molecule has 3 heterocycles. The van der Waals surface area contributed by atoms with Crippen molar-refractivity contribution >= 4 is 24.2 Å². The van der Waals surface area contributed by atoms with Gasteiger partial charge in [0.25, 0.3) is 0 Å². The van der Waals surface area contributed by atoms with E-state index in [9.17, 15) is 4.79 Å². The molecule has 150 valence electrons. The molecule has 0 amide bonds. The Labute approximate surface area is 166 Å². The molecule has 8 heteroatoms. The average molecular weight is 397 g/mol. The SMILES string of the molecule is Cl.O=C(O)c1cnc(N2CCC(OC3CCN(C4CCC4)CC3)CC2)cn1. The van der Waals surface area contributed by atoms with Gasteiger partial charge in [-0.3, -0.25) is 0 Å². The average Bonchev–Trinajstić information content (AvgIpc) is 2.63. The van der Waals surface area contributed by atoms with Gasteiger partial charge in [0.1, 0.15) is 5.82 Å². The van der Waals surface area contributed by atoms with Gasteiger partial charge in [0.15, 0.2) is 5.69 Å². The number of carboxylic acid groups (broad SMARTS) is 1. The summed E-state index contributed by atoms with van der Waals surface area (Å²) >= 11 is 0. The minimum absolute atomic E-state index is 0. The maximum absolute atomic E-state index is 10.9. The zero-order chi connectivity index (χ0) is 17.9. The van der Waals surface area contributed by atoms with E-state index in [1.165, 1.54) is 51.4 Å². The number of nitrogens with zero attached hydrogens (tertiary/aromatic N) is 4. The summed E-state index contributed by atoms with van der Waals surface area (Å²) in [5.41, 5.74) is -0.0137. The molecule has 4 rings (SSSR count). The van der Waals surface area contributed by atoms with E-state index in [1.54, 1.807) is 6.20 Å². The minimum atomic E-state index is -1.04. The molecule has 2 aliphatic heterocycles. The summed E-state index contributed by atoms with van der Waals surface area (Å²) in [5, 5.41) is 8.90. The number of carbonyl (C=O) groups is 1. The predicted molar refractivity (Wildman–Crippen MR) is 105 cm³/mol. The van der Waals surface area contributed by atoms with Crippen molar-refractivity contribution < 1.29 is 14.6 Å². The molecule has 1 N–H and O–H groups in total. The molecule has 1 saturated carbocycles. The van der Waals surface area contributed by atoms with E-state index in [-0.39, 0.29) is 18.1 Å². The van der Waals surface area contributed by atoms with Crippen molar-refractivity contribution in [3.8, 4) is 0 Å². The van der Waals surface area contributed by atoms with Crippen LogP contribution in [0.1, 0.15) is 55.4 Å². The van der Waals surface area contributed by atoms with Crippen molar-refractivity contribution in [1.29, 1.82) is 0 Å². The minimum Gasteiger partial charge on any atom is -0.476 e. The Hall–Kier alpha value is -1.44. The fourth-order valence-electron chi connectivity index (χ4n) is 4.22. The second-order valence-electron chi connectivity index (χ2n) is 7.71. The quantitative estimate of drug-likeness (QED) is 0.819. The number of carboxylic acids is 1. The topological polar surface area (TPSA) is 78.8 Å². The smallest absolute Gasteiger partial charge is 0.356 e. The molecule has 1 aliphatic carbocycles. The normalized spacial score (nSPS) is 22.9. The van der Waals surface area contributed by atoms with E-state index in [0.717, 1.165) is 37.8 Å². The molecule has 1 aromatic heterocycles. The van der Waals surface area contributed by atoms with Crippen LogP contribution in [0.15, 0.2) is 12.4 Å². The summed E-state index contributed by atoms with van der Waals surface area (Å²) in [7, 11) is 0. The zero-order valence-corrected chi connectivity index (χ0v) is 16.4. The van der Waals surface area contributed by atoms with E-state index in [1.807, 2.05) is 0 Å². The molecule has 7 nitrogen and oxygen atoms in total. The van der Waals surface area contributed by atoms with Crippen molar-refractivity contribution in [3.05, 3.63) is 18.1 Å². The number of aromatic carboxylic acids is 1. The summed E-state index contributed by atoms with van der Waals surface area (Å²) in [5.74, 6) is -0.290. The monoisotopic (exact) mass is 396 g/mol. The molecular weight excluding hydrogens is 368 g/mol. The van der Waals surface area contributed by atoms with E-state index in [4.69, 9.17) is 9.84 Å². The van der Waals surface area contributed by atoms with Crippen molar-refractivity contribution in [1.82, 2.24) is 14.9 Å². The lowest BCUT2D eigenvalue weighted by molar-refractivity contribution is -0.0598. The molecule has 0 bridgehead atoms. The number of ether oxygens (including phenoxy) is 1.